The number of quaternary nitrogens is 1. The number of rotatable bonds is 0. The highest BCUT2D eigenvalue weighted by atomic mass is 127. The maximum atomic E-state index is 12.2. The molecule has 0 aromatic heterocycles. The smallest absolute Gasteiger partial charge is 0.0988 e. The first-order valence-corrected chi connectivity index (χ1v) is 5.36. The van der Waals surface area contributed by atoms with Crippen LogP contribution in [0.2, 0.25) is 0 Å². The van der Waals surface area contributed by atoms with Gasteiger partial charge >= 0.3 is 0 Å². The number of hydrogen-bond donors (Lipinski definition) is 0. The van der Waals surface area contributed by atoms with Crippen molar-refractivity contribution in [3.8, 4) is 0 Å². The van der Waals surface area contributed by atoms with E-state index < -0.39 is 0 Å². The van der Waals surface area contributed by atoms with Crippen LogP contribution >= 0.6 is 0 Å². The van der Waals surface area contributed by atoms with Crippen molar-refractivity contribution in [3.05, 3.63) is 0 Å². The number of nitrogens with zero attached hydrogens (tertiary/aromatic N) is 2. The number of halogens is 1. The standard InChI is InChI=1S/C11H24N2O.HI/c1-10(2)7-8-13(5,6)9-11(3,4)12(10)14;/h7-9H2,1-6H3;1H/q+1;/p-1. The lowest BCUT2D eigenvalue weighted by Crippen LogP contribution is -3.00. The lowest BCUT2D eigenvalue weighted by molar-refractivity contribution is -0.893. The number of hydrogen-bond acceptors (Lipinski definition) is 1. The van der Waals surface area contributed by atoms with Crippen molar-refractivity contribution < 1.29 is 33.7 Å². The van der Waals surface area contributed by atoms with Gasteiger partial charge in [-0.3, -0.25) is 0 Å². The monoisotopic (exact) mass is 327 g/mol. The quantitative estimate of drug-likeness (QED) is 0.400. The van der Waals surface area contributed by atoms with E-state index in [0.29, 0.717) is 0 Å². The molecule has 1 saturated heterocycles. The van der Waals surface area contributed by atoms with Crippen LogP contribution in [0.5, 0.6) is 0 Å². The zero-order valence-electron chi connectivity index (χ0n) is 10.8. The fraction of sp³-hybridized carbons (Fsp3) is 1.00. The highest BCUT2D eigenvalue weighted by molar-refractivity contribution is 4.89. The molecule has 0 N–H and O–H groups in total. The van der Waals surface area contributed by atoms with E-state index >= 15 is 0 Å². The van der Waals surface area contributed by atoms with Gasteiger partial charge in [-0.15, -0.1) is 10.3 Å². The zero-order valence-corrected chi connectivity index (χ0v) is 13.0. The Morgan fingerprint density at radius 2 is 1.53 bits per heavy atom. The van der Waals surface area contributed by atoms with Gasteiger partial charge in [-0.05, 0) is 27.7 Å². The van der Waals surface area contributed by atoms with Crippen LogP contribution in [0.3, 0.4) is 0 Å². The lowest BCUT2D eigenvalue weighted by Gasteiger charge is -2.39. The zero-order chi connectivity index (χ0) is 11.2. The van der Waals surface area contributed by atoms with Crippen LogP contribution in [-0.4, -0.2) is 47.8 Å². The van der Waals surface area contributed by atoms with Crippen molar-refractivity contribution in [2.75, 3.05) is 27.2 Å². The minimum Gasteiger partial charge on any atom is -1.00 e. The van der Waals surface area contributed by atoms with E-state index in [4.69, 9.17) is 0 Å². The van der Waals surface area contributed by atoms with Gasteiger partial charge < -0.3 is 28.5 Å². The molecule has 1 aliphatic heterocycles. The van der Waals surface area contributed by atoms with Crippen LogP contribution in [0.1, 0.15) is 34.1 Å². The maximum absolute atomic E-state index is 12.2. The van der Waals surface area contributed by atoms with E-state index in [9.17, 15) is 5.21 Å². The molecule has 0 unspecified atom stereocenters. The molecule has 0 atom stereocenters. The lowest BCUT2D eigenvalue weighted by atomic mass is 9.95. The second-order valence-electron chi connectivity index (χ2n) is 6.49. The summed E-state index contributed by atoms with van der Waals surface area (Å²) in [5.74, 6) is 0. The molecule has 0 amide bonds. The second-order valence-corrected chi connectivity index (χ2v) is 6.49. The van der Waals surface area contributed by atoms with E-state index in [1.165, 1.54) is 5.06 Å². The average Bonchev–Trinajstić information content (AvgIpc) is 2.01. The molecule has 3 nitrogen and oxygen atoms in total. The highest BCUT2D eigenvalue weighted by Crippen LogP contribution is 2.32. The predicted octanol–water partition coefficient (Wildman–Crippen LogP) is -1.32. The van der Waals surface area contributed by atoms with Gasteiger partial charge in [0.15, 0.2) is 0 Å². The van der Waals surface area contributed by atoms with E-state index in [1.54, 1.807) is 0 Å². The SMILES string of the molecule is CC1(C)CC[N+](C)(C)CC(C)(C)N1[O].[I-]. The van der Waals surface area contributed by atoms with Gasteiger partial charge in [-0.2, -0.15) is 0 Å². The summed E-state index contributed by atoms with van der Waals surface area (Å²) in [5, 5.41) is 13.5. The summed E-state index contributed by atoms with van der Waals surface area (Å²) in [4.78, 5) is 0. The van der Waals surface area contributed by atoms with Crippen LogP contribution in [0.4, 0.5) is 0 Å². The molecule has 0 spiro atoms. The largest absolute Gasteiger partial charge is 1.00 e. The molecule has 0 saturated carbocycles. The van der Waals surface area contributed by atoms with Crippen LogP contribution in [0.25, 0.3) is 0 Å². The van der Waals surface area contributed by atoms with E-state index in [-0.39, 0.29) is 35.1 Å². The molecule has 4 heteroatoms. The van der Waals surface area contributed by atoms with Crippen LogP contribution in [0, 0.1) is 0 Å². The maximum Gasteiger partial charge on any atom is 0.0988 e. The summed E-state index contributed by atoms with van der Waals surface area (Å²) in [7, 11) is 4.41. The summed E-state index contributed by atoms with van der Waals surface area (Å²) in [6.45, 7) is 10.2. The molecule has 1 heterocycles. The van der Waals surface area contributed by atoms with Crippen molar-refractivity contribution in [3.63, 3.8) is 0 Å². The molecule has 0 bridgehead atoms. The number of likely N-dealkylation sites (N-methyl/N-ethyl adjacent to an activating group) is 1. The molecule has 15 heavy (non-hydrogen) atoms. The van der Waals surface area contributed by atoms with Gasteiger partial charge in [0, 0.05) is 12.0 Å². The molecule has 1 aliphatic rings. The second kappa shape index (κ2) is 4.47. The fourth-order valence-electron chi connectivity index (χ4n) is 2.69. The van der Waals surface area contributed by atoms with Crippen LogP contribution in [0.15, 0.2) is 0 Å². The van der Waals surface area contributed by atoms with Crippen molar-refractivity contribution in [2.24, 2.45) is 0 Å². The van der Waals surface area contributed by atoms with Gasteiger partial charge in [-0.25, -0.2) is 0 Å². The summed E-state index contributed by atoms with van der Waals surface area (Å²) in [6, 6.07) is 0. The summed E-state index contributed by atoms with van der Waals surface area (Å²) in [5.41, 5.74) is -0.487. The molecule has 1 rings (SSSR count). The van der Waals surface area contributed by atoms with Gasteiger partial charge in [0.25, 0.3) is 0 Å². The summed E-state index contributed by atoms with van der Waals surface area (Å²) >= 11 is 0. The Bertz CT molecular complexity index is 227. The topological polar surface area (TPSA) is 23.1 Å². The van der Waals surface area contributed by atoms with E-state index in [1.807, 2.05) is 27.7 Å². The molecule has 91 valence electrons. The Hall–Kier alpha value is 0.610. The third kappa shape index (κ3) is 3.54. The Morgan fingerprint density at radius 1 is 1.07 bits per heavy atom. The highest BCUT2D eigenvalue weighted by Gasteiger charge is 2.46. The third-order valence-electron chi connectivity index (χ3n) is 3.24. The Labute approximate surface area is 111 Å². The molecule has 1 radical (unpaired) electrons. The summed E-state index contributed by atoms with van der Waals surface area (Å²) in [6.07, 6.45) is 0.965. The Morgan fingerprint density at radius 3 is 2.00 bits per heavy atom. The molecule has 0 aliphatic carbocycles. The van der Waals surface area contributed by atoms with Crippen molar-refractivity contribution in [1.82, 2.24) is 5.06 Å². The van der Waals surface area contributed by atoms with E-state index in [2.05, 4.69) is 14.1 Å². The molecule has 0 aromatic rings. The van der Waals surface area contributed by atoms with Gasteiger partial charge in [-0.1, -0.05) is 0 Å². The molecular formula is C11H24IN2O. The molecule has 0 aromatic carbocycles. The van der Waals surface area contributed by atoms with Crippen LogP contribution < -0.4 is 24.0 Å². The van der Waals surface area contributed by atoms with Crippen LogP contribution in [-0.2, 0) is 5.21 Å². The number of hydroxylamine groups is 2. The van der Waals surface area contributed by atoms with Gasteiger partial charge in [0.1, 0.15) is 0 Å². The molecular weight excluding hydrogens is 303 g/mol. The minimum atomic E-state index is -0.260. The first-order valence-electron chi connectivity index (χ1n) is 5.36. The van der Waals surface area contributed by atoms with Crippen molar-refractivity contribution >= 4 is 0 Å². The van der Waals surface area contributed by atoms with Crippen molar-refractivity contribution in [1.29, 1.82) is 0 Å². The first-order chi connectivity index (χ1) is 6.07. The Kier molecular flexibility index (Phi) is 4.65. The van der Waals surface area contributed by atoms with Crippen molar-refractivity contribution in [2.45, 2.75) is 45.2 Å². The fourth-order valence-corrected chi connectivity index (χ4v) is 2.69. The molecule has 1 fully saturated rings. The predicted molar refractivity (Wildman–Crippen MR) is 57.1 cm³/mol. The van der Waals surface area contributed by atoms with Gasteiger partial charge in [0.05, 0.1) is 32.7 Å². The minimum absolute atomic E-state index is 0. The first kappa shape index (κ1) is 15.6. The Balaban J connectivity index is 0.00000196. The van der Waals surface area contributed by atoms with E-state index in [0.717, 1.165) is 24.0 Å². The average molecular weight is 327 g/mol. The summed E-state index contributed by atoms with van der Waals surface area (Å²) < 4.78 is 0.940. The van der Waals surface area contributed by atoms with Gasteiger partial charge in [0.2, 0.25) is 0 Å². The normalized spacial score (nSPS) is 29.0. The third-order valence-corrected chi connectivity index (χ3v) is 3.24.